The quantitative estimate of drug-likeness (QED) is 0.750. The summed E-state index contributed by atoms with van der Waals surface area (Å²) in [5, 5.41) is 28.4. The fraction of sp³-hybridized carbons (Fsp3) is 0.188. The monoisotopic (exact) mass is 272 g/mol. The molecule has 0 amide bonds. The van der Waals surface area contributed by atoms with Gasteiger partial charge in [0.05, 0.1) is 0 Å². The van der Waals surface area contributed by atoms with Gasteiger partial charge >= 0.3 is 5.97 Å². The minimum absolute atomic E-state index is 0.302. The van der Waals surface area contributed by atoms with Crippen molar-refractivity contribution in [1.82, 2.24) is 0 Å². The van der Waals surface area contributed by atoms with E-state index in [0.29, 0.717) is 5.56 Å². The Morgan fingerprint density at radius 3 is 2.15 bits per heavy atom. The van der Waals surface area contributed by atoms with Gasteiger partial charge in [-0.2, -0.15) is 0 Å². The third kappa shape index (κ3) is 2.32. The van der Waals surface area contributed by atoms with Crippen LogP contribution in [-0.4, -0.2) is 21.3 Å². The highest BCUT2D eigenvalue weighted by Gasteiger charge is 2.26. The van der Waals surface area contributed by atoms with E-state index < -0.39 is 22.9 Å². The molecule has 0 aliphatic rings. The van der Waals surface area contributed by atoms with E-state index in [-0.39, 0.29) is 5.56 Å². The lowest BCUT2D eigenvalue weighted by atomic mass is 9.77. The predicted molar refractivity (Wildman–Crippen MR) is 75.3 cm³/mol. The predicted octanol–water partition coefficient (Wildman–Crippen LogP) is 3.12. The smallest absolute Gasteiger partial charge is 0.339 e. The molecule has 0 radical (unpaired) electrons. The highest BCUT2D eigenvalue weighted by molar-refractivity contribution is 5.92. The van der Waals surface area contributed by atoms with Crippen molar-refractivity contribution in [1.29, 1.82) is 0 Å². The number of hydrogen-bond donors (Lipinski definition) is 3. The molecule has 2 rings (SSSR count). The molecule has 2 aromatic carbocycles. The molecular weight excluding hydrogens is 256 g/mol. The Labute approximate surface area is 116 Å². The SMILES string of the molecule is CC(C)(c1ccccc1)c1cc(O)c(O)c(C(=O)O)c1. The molecule has 0 aromatic heterocycles. The topological polar surface area (TPSA) is 77.8 Å². The number of carboxylic acid groups (broad SMARTS) is 1. The summed E-state index contributed by atoms with van der Waals surface area (Å²) in [6, 6.07) is 12.4. The molecule has 104 valence electrons. The zero-order valence-corrected chi connectivity index (χ0v) is 11.3. The van der Waals surface area contributed by atoms with Crippen molar-refractivity contribution in [3.63, 3.8) is 0 Å². The number of aromatic carboxylic acids is 1. The third-order valence-corrected chi connectivity index (χ3v) is 3.54. The fourth-order valence-corrected chi connectivity index (χ4v) is 2.16. The van der Waals surface area contributed by atoms with Gasteiger partial charge in [0, 0.05) is 5.41 Å². The van der Waals surface area contributed by atoms with Crippen LogP contribution in [0.4, 0.5) is 0 Å². The summed E-state index contributed by atoms with van der Waals surface area (Å²) < 4.78 is 0. The Bertz CT molecular complexity index is 645. The molecule has 2 aromatic rings. The molecular formula is C16H16O4. The van der Waals surface area contributed by atoms with Gasteiger partial charge in [-0.3, -0.25) is 0 Å². The van der Waals surface area contributed by atoms with Crippen LogP contribution < -0.4 is 0 Å². The number of phenolic OH excluding ortho intramolecular Hbond substituents is 1. The molecule has 20 heavy (non-hydrogen) atoms. The van der Waals surface area contributed by atoms with Crippen LogP contribution in [0.3, 0.4) is 0 Å². The lowest BCUT2D eigenvalue weighted by Crippen LogP contribution is -2.19. The second kappa shape index (κ2) is 4.89. The minimum atomic E-state index is -1.27. The zero-order valence-electron chi connectivity index (χ0n) is 11.3. The third-order valence-electron chi connectivity index (χ3n) is 3.54. The van der Waals surface area contributed by atoms with Gasteiger partial charge in [0.1, 0.15) is 5.56 Å². The molecule has 0 aliphatic heterocycles. The van der Waals surface area contributed by atoms with Crippen LogP contribution in [0.2, 0.25) is 0 Å². The number of aromatic hydroxyl groups is 2. The lowest BCUT2D eigenvalue weighted by molar-refractivity contribution is 0.0692. The van der Waals surface area contributed by atoms with E-state index in [1.54, 1.807) is 0 Å². The molecule has 0 unspecified atom stereocenters. The Hall–Kier alpha value is -2.49. The van der Waals surface area contributed by atoms with Gasteiger partial charge in [0.2, 0.25) is 0 Å². The van der Waals surface area contributed by atoms with Crippen molar-refractivity contribution in [3.8, 4) is 11.5 Å². The second-order valence-electron chi connectivity index (χ2n) is 5.19. The number of hydrogen-bond acceptors (Lipinski definition) is 3. The van der Waals surface area contributed by atoms with Gasteiger partial charge < -0.3 is 15.3 Å². The molecule has 4 heteroatoms. The van der Waals surface area contributed by atoms with Gasteiger partial charge in [0.15, 0.2) is 11.5 Å². The standard InChI is InChI=1S/C16H16O4/c1-16(2,10-6-4-3-5-7-10)11-8-12(15(19)20)14(18)13(17)9-11/h3-9,17-18H,1-2H3,(H,19,20). The van der Waals surface area contributed by atoms with E-state index in [4.69, 9.17) is 5.11 Å². The van der Waals surface area contributed by atoms with E-state index in [1.165, 1.54) is 12.1 Å². The summed E-state index contributed by atoms with van der Waals surface area (Å²) in [6.45, 7) is 3.86. The maximum absolute atomic E-state index is 11.1. The Kier molecular flexibility index (Phi) is 3.40. The van der Waals surface area contributed by atoms with E-state index in [1.807, 2.05) is 44.2 Å². The summed E-state index contributed by atoms with van der Waals surface area (Å²) in [7, 11) is 0. The molecule has 0 fully saturated rings. The summed E-state index contributed by atoms with van der Waals surface area (Å²) in [4.78, 5) is 11.1. The molecule has 0 bridgehead atoms. The average molecular weight is 272 g/mol. The highest BCUT2D eigenvalue weighted by atomic mass is 16.4. The van der Waals surface area contributed by atoms with Crippen LogP contribution >= 0.6 is 0 Å². The summed E-state index contributed by atoms with van der Waals surface area (Å²) in [5.74, 6) is -2.31. The van der Waals surface area contributed by atoms with Gasteiger partial charge in [0.25, 0.3) is 0 Å². The summed E-state index contributed by atoms with van der Waals surface area (Å²) >= 11 is 0. The van der Waals surface area contributed by atoms with Crippen LogP contribution in [0, 0.1) is 0 Å². The number of carbonyl (C=O) groups is 1. The van der Waals surface area contributed by atoms with Crippen molar-refractivity contribution >= 4 is 5.97 Å². The van der Waals surface area contributed by atoms with Gasteiger partial charge in [-0.05, 0) is 23.3 Å². The van der Waals surface area contributed by atoms with Crippen molar-refractivity contribution in [2.24, 2.45) is 0 Å². The summed E-state index contributed by atoms with van der Waals surface area (Å²) in [5.41, 5.74) is 0.818. The van der Waals surface area contributed by atoms with Crippen LogP contribution in [0.25, 0.3) is 0 Å². The van der Waals surface area contributed by atoms with E-state index in [2.05, 4.69) is 0 Å². The highest BCUT2D eigenvalue weighted by Crippen LogP contribution is 2.38. The zero-order chi connectivity index (χ0) is 14.9. The molecule has 0 saturated carbocycles. The molecule has 0 heterocycles. The van der Waals surface area contributed by atoms with Gasteiger partial charge in [-0.15, -0.1) is 0 Å². The van der Waals surface area contributed by atoms with Crippen LogP contribution in [-0.2, 0) is 5.41 Å². The molecule has 3 N–H and O–H groups in total. The van der Waals surface area contributed by atoms with E-state index >= 15 is 0 Å². The first-order chi connectivity index (χ1) is 9.34. The first kappa shape index (κ1) is 13.9. The van der Waals surface area contributed by atoms with Crippen LogP contribution in [0.5, 0.6) is 11.5 Å². The van der Waals surface area contributed by atoms with E-state index in [9.17, 15) is 15.0 Å². The molecule has 0 aliphatic carbocycles. The van der Waals surface area contributed by atoms with Gasteiger partial charge in [-0.1, -0.05) is 44.2 Å². The van der Waals surface area contributed by atoms with Crippen molar-refractivity contribution in [2.45, 2.75) is 19.3 Å². The lowest BCUT2D eigenvalue weighted by Gasteiger charge is -2.26. The minimum Gasteiger partial charge on any atom is -0.504 e. The first-order valence-corrected chi connectivity index (χ1v) is 6.19. The normalized spacial score (nSPS) is 11.3. The fourth-order valence-electron chi connectivity index (χ4n) is 2.16. The van der Waals surface area contributed by atoms with Crippen molar-refractivity contribution in [2.75, 3.05) is 0 Å². The second-order valence-corrected chi connectivity index (χ2v) is 5.19. The largest absolute Gasteiger partial charge is 0.504 e. The van der Waals surface area contributed by atoms with Crippen LogP contribution in [0.1, 0.15) is 35.3 Å². The molecule has 4 nitrogen and oxygen atoms in total. The van der Waals surface area contributed by atoms with E-state index in [0.717, 1.165) is 5.56 Å². The Balaban J connectivity index is 2.61. The van der Waals surface area contributed by atoms with Crippen molar-refractivity contribution < 1.29 is 20.1 Å². The van der Waals surface area contributed by atoms with Crippen LogP contribution in [0.15, 0.2) is 42.5 Å². The summed E-state index contributed by atoms with van der Waals surface area (Å²) in [6.07, 6.45) is 0. The Morgan fingerprint density at radius 2 is 1.60 bits per heavy atom. The van der Waals surface area contributed by atoms with Crippen molar-refractivity contribution in [3.05, 3.63) is 59.2 Å². The number of phenols is 2. The molecule has 0 atom stereocenters. The Morgan fingerprint density at radius 1 is 1.00 bits per heavy atom. The maximum Gasteiger partial charge on any atom is 0.339 e. The first-order valence-electron chi connectivity index (χ1n) is 6.19. The number of carboxylic acids is 1. The maximum atomic E-state index is 11.1. The number of benzene rings is 2. The average Bonchev–Trinajstić information content (AvgIpc) is 2.42. The van der Waals surface area contributed by atoms with Gasteiger partial charge in [-0.25, -0.2) is 4.79 Å². The number of rotatable bonds is 3. The molecule has 0 saturated heterocycles. The molecule has 0 spiro atoms.